The summed E-state index contributed by atoms with van der Waals surface area (Å²) in [6.07, 6.45) is -7.94. The highest BCUT2D eigenvalue weighted by atomic mass is 16.7. The molecule has 8 nitrogen and oxygen atoms in total. The van der Waals surface area contributed by atoms with E-state index in [2.05, 4.69) is 0 Å². The predicted octanol–water partition coefficient (Wildman–Crippen LogP) is -3.84. The maximum absolute atomic E-state index is 9.52. The van der Waals surface area contributed by atoms with Crippen molar-refractivity contribution in [3.05, 3.63) is 0 Å². The average Bonchev–Trinajstić information content (AvgIpc) is 2.34. The van der Waals surface area contributed by atoms with Gasteiger partial charge in [-0.3, -0.25) is 0 Å². The second kappa shape index (κ2) is 6.57. The standard InChI is InChI=1S/C9H18O8/c10-1-4(12)3-16-9-8(15)7(14)6(13)5(2-11)17-9/h4-15H,1-3H2/t4-,5-,6+,7+,8+,9-/m1/s1. The van der Waals surface area contributed by atoms with Crippen LogP contribution in [0.1, 0.15) is 0 Å². The van der Waals surface area contributed by atoms with Crippen molar-refractivity contribution in [2.45, 2.75) is 36.8 Å². The molecule has 0 aromatic heterocycles. The lowest BCUT2D eigenvalue weighted by atomic mass is 9.99. The maximum atomic E-state index is 9.52. The van der Waals surface area contributed by atoms with E-state index < -0.39 is 50.0 Å². The van der Waals surface area contributed by atoms with Crippen LogP contribution in [0.4, 0.5) is 0 Å². The van der Waals surface area contributed by atoms with Crippen molar-refractivity contribution < 1.29 is 40.1 Å². The Morgan fingerprint density at radius 2 is 1.71 bits per heavy atom. The molecule has 17 heavy (non-hydrogen) atoms. The normalized spacial score (nSPS) is 40.2. The Kier molecular flexibility index (Phi) is 5.70. The third-order valence-electron chi connectivity index (χ3n) is 2.51. The van der Waals surface area contributed by atoms with Gasteiger partial charge in [0.15, 0.2) is 6.29 Å². The van der Waals surface area contributed by atoms with Gasteiger partial charge in [0, 0.05) is 0 Å². The molecule has 0 aromatic rings. The summed E-state index contributed by atoms with van der Waals surface area (Å²) in [7, 11) is 0. The zero-order valence-electron chi connectivity index (χ0n) is 9.09. The lowest BCUT2D eigenvalue weighted by molar-refractivity contribution is -0.304. The van der Waals surface area contributed by atoms with Crippen molar-refractivity contribution in [3.63, 3.8) is 0 Å². The quantitative estimate of drug-likeness (QED) is 0.293. The predicted molar refractivity (Wildman–Crippen MR) is 52.8 cm³/mol. The minimum absolute atomic E-state index is 0.306. The van der Waals surface area contributed by atoms with E-state index >= 15 is 0 Å². The third-order valence-corrected chi connectivity index (χ3v) is 2.51. The van der Waals surface area contributed by atoms with E-state index in [1.54, 1.807) is 0 Å². The fourth-order valence-electron chi connectivity index (χ4n) is 1.46. The molecule has 0 unspecified atom stereocenters. The average molecular weight is 254 g/mol. The number of ether oxygens (including phenoxy) is 2. The molecule has 1 heterocycles. The number of hydrogen-bond acceptors (Lipinski definition) is 8. The first-order valence-electron chi connectivity index (χ1n) is 5.22. The summed E-state index contributed by atoms with van der Waals surface area (Å²) in [6, 6.07) is 0. The zero-order valence-corrected chi connectivity index (χ0v) is 9.09. The number of rotatable bonds is 5. The lowest BCUT2D eigenvalue weighted by Gasteiger charge is -2.39. The van der Waals surface area contributed by atoms with E-state index in [0.29, 0.717) is 0 Å². The van der Waals surface area contributed by atoms with Gasteiger partial charge in [-0.1, -0.05) is 0 Å². The molecule has 1 fully saturated rings. The maximum Gasteiger partial charge on any atom is 0.186 e. The second-order valence-electron chi connectivity index (χ2n) is 3.87. The molecule has 1 rings (SSSR count). The van der Waals surface area contributed by atoms with Gasteiger partial charge in [0.25, 0.3) is 0 Å². The Bertz CT molecular complexity index is 223. The molecule has 0 aliphatic carbocycles. The van der Waals surface area contributed by atoms with Crippen molar-refractivity contribution in [1.29, 1.82) is 0 Å². The summed E-state index contributed by atoms with van der Waals surface area (Å²) in [4.78, 5) is 0. The Balaban J connectivity index is 2.53. The molecule has 0 amide bonds. The van der Waals surface area contributed by atoms with E-state index in [0.717, 1.165) is 0 Å². The van der Waals surface area contributed by atoms with E-state index in [1.165, 1.54) is 0 Å². The first-order chi connectivity index (χ1) is 8.01. The van der Waals surface area contributed by atoms with Crippen LogP contribution in [0.25, 0.3) is 0 Å². The molecule has 0 aromatic carbocycles. The largest absolute Gasteiger partial charge is 0.394 e. The van der Waals surface area contributed by atoms with Crippen LogP contribution < -0.4 is 0 Å². The van der Waals surface area contributed by atoms with E-state index in [4.69, 9.17) is 24.8 Å². The topological polar surface area (TPSA) is 140 Å². The molecular formula is C9H18O8. The molecule has 0 spiro atoms. The first kappa shape index (κ1) is 14.7. The Morgan fingerprint density at radius 3 is 2.24 bits per heavy atom. The molecule has 0 bridgehead atoms. The van der Waals surface area contributed by atoms with Crippen molar-refractivity contribution in [2.75, 3.05) is 19.8 Å². The van der Waals surface area contributed by atoms with Crippen LogP contribution in [-0.2, 0) is 9.47 Å². The monoisotopic (exact) mass is 254 g/mol. The van der Waals surface area contributed by atoms with Gasteiger partial charge in [0.05, 0.1) is 19.8 Å². The first-order valence-corrected chi connectivity index (χ1v) is 5.22. The Hall–Kier alpha value is -0.320. The van der Waals surface area contributed by atoms with Crippen molar-refractivity contribution in [2.24, 2.45) is 0 Å². The van der Waals surface area contributed by atoms with E-state index in [1.807, 2.05) is 0 Å². The summed E-state index contributed by atoms with van der Waals surface area (Å²) in [5.74, 6) is 0. The molecule has 0 saturated carbocycles. The molecule has 8 heteroatoms. The number of aliphatic hydroxyl groups excluding tert-OH is 6. The highest BCUT2D eigenvalue weighted by Gasteiger charge is 2.44. The second-order valence-corrected chi connectivity index (χ2v) is 3.87. The molecule has 1 aliphatic heterocycles. The van der Waals surface area contributed by atoms with Crippen LogP contribution in [0, 0.1) is 0 Å². The van der Waals surface area contributed by atoms with Crippen LogP contribution in [0.15, 0.2) is 0 Å². The molecule has 0 radical (unpaired) electrons. The summed E-state index contributed by atoms with van der Waals surface area (Å²) < 4.78 is 9.93. The molecule has 1 aliphatic rings. The molecular weight excluding hydrogens is 236 g/mol. The highest BCUT2D eigenvalue weighted by molar-refractivity contribution is 4.88. The van der Waals surface area contributed by atoms with Crippen LogP contribution in [0.3, 0.4) is 0 Å². The van der Waals surface area contributed by atoms with E-state index in [9.17, 15) is 15.3 Å². The molecule has 102 valence electrons. The minimum Gasteiger partial charge on any atom is -0.394 e. The molecule has 6 N–H and O–H groups in total. The molecule has 6 atom stereocenters. The minimum atomic E-state index is -1.52. The van der Waals surface area contributed by atoms with Gasteiger partial charge in [-0.25, -0.2) is 0 Å². The Labute approximate surface area is 97.6 Å². The molecule has 1 saturated heterocycles. The summed E-state index contributed by atoms with van der Waals surface area (Å²) in [5, 5.41) is 54.9. The van der Waals surface area contributed by atoms with Crippen molar-refractivity contribution in [3.8, 4) is 0 Å². The van der Waals surface area contributed by atoms with Gasteiger partial charge in [-0.05, 0) is 0 Å². The fourth-order valence-corrected chi connectivity index (χ4v) is 1.46. The lowest BCUT2D eigenvalue weighted by Crippen LogP contribution is -2.59. The van der Waals surface area contributed by atoms with Crippen molar-refractivity contribution >= 4 is 0 Å². The summed E-state index contributed by atoms with van der Waals surface area (Å²) in [6.45, 7) is -1.37. The van der Waals surface area contributed by atoms with Gasteiger partial charge in [-0.2, -0.15) is 0 Å². The van der Waals surface area contributed by atoms with Gasteiger partial charge in [0.1, 0.15) is 30.5 Å². The van der Waals surface area contributed by atoms with Crippen LogP contribution in [0.5, 0.6) is 0 Å². The highest BCUT2D eigenvalue weighted by Crippen LogP contribution is 2.21. The fraction of sp³-hybridized carbons (Fsp3) is 1.00. The summed E-state index contributed by atoms with van der Waals surface area (Å²) >= 11 is 0. The SMILES string of the molecule is OC[C@@H](O)CO[C@@H]1O[C@H](CO)[C@H](O)[C@H](O)[C@@H]1O. The van der Waals surface area contributed by atoms with Gasteiger partial charge >= 0.3 is 0 Å². The van der Waals surface area contributed by atoms with Crippen LogP contribution in [0.2, 0.25) is 0 Å². The smallest absolute Gasteiger partial charge is 0.186 e. The number of hydrogen-bond donors (Lipinski definition) is 6. The van der Waals surface area contributed by atoms with Crippen molar-refractivity contribution in [1.82, 2.24) is 0 Å². The van der Waals surface area contributed by atoms with Crippen LogP contribution >= 0.6 is 0 Å². The van der Waals surface area contributed by atoms with Gasteiger partial charge in [0.2, 0.25) is 0 Å². The van der Waals surface area contributed by atoms with Gasteiger partial charge < -0.3 is 40.1 Å². The zero-order chi connectivity index (χ0) is 13.0. The number of aliphatic hydroxyl groups is 6. The van der Waals surface area contributed by atoms with E-state index in [-0.39, 0.29) is 6.61 Å². The summed E-state index contributed by atoms with van der Waals surface area (Å²) in [5.41, 5.74) is 0. The van der Waals surface area contributed by atoms with Crippen LogP contribution in [-0.4, -0.2) is 87.3 Å². The van der Waals surface area contributed by atoms with Gasteiger partial charge in [-0.15, -0.1) is 0 Å². The third kappa shape index (κ3) is 3.57. The Morgan fingerprint density at radius 1 is 1.06 bits per heavy atom.